The molecule has 0 spiro atoms. The van der Waals surface area contributed by atoms with E-state index in [-0.39, 0.29) is 23.0 Å². The molecule has 0 atom stereocenters. The van der Waals surface area contributed by atoms with Gasteiger partial charge in [-0.15, -0.1) is 0 Å². The molecule has 0 aliphatic rings. The molecule has 1 aromatic carbocycles. The molecule has 0 bridgehead atoms. The molecule has 0 heterocycles. The van der Waals surface area contributed by atoms with Crippen molar-refractivity contribution >= 4 is 113 Å². The third-order valence-electron chi connectivity index (χ3n) is 2.48. The number of benzene rings is 1. The molecule has 9 heteroatoms. The molecular formula is C12H8Cl2I3NO3. The van der Waals surface area contributed by atoms with Gasteiger partial charge in [0.2, 0.25) is 5.91 Å². The van der Waals surface area contributed by atoms with Crippen LogP contribution in [0.25, 0.3) is 0 Å². The molecule has 21 heavy (non-hydrogen) atoms. The Balaban J connectivity index is 3.67. The Morgan fingerprint density at radius 3 is 1.57 bits per heavy atom. The van der Waals surface area contributed by atoms with Crippen LogP contribution in [0.15, 0.2) is 0 Å². The van der Waals surface area contributed by atoms with E-state index in [4.69, 9.17) is 23.2 Å². The molecule has 0 saturated carbocycles. The first kappa shape index (κ1) is 19.8. The number of anilines is 1. The standard InChI is InChI=1S/C12H8Cl2I3NO3/c1-3(2)12(21)18-9-7(16)4(10(13)19)6(15)5(8(9)17)11(14)20/h3H,1-2H3,(H,18,21). The summed E-state index contributed by atoms with van der Waals surface area (Å²) in [6.07, 6.45) is 0. The first-order valence-corrected chi connectivity index (χ1v) is 9.49. The van der Waals surface area contributed by atoms with Crippen LogP contribution < -0.4 is 5.32 Å². The number of amides is 1. The van der Waals surface area contributed by atoms with Crippen LogP contribution in [-0.2, 0) is 4.79 Å². The van der Waals surface area contributed by atoms with E-state index in [9.17, 15) is 14.4 Å². The zero-order chi connectivity index (χ0) is 16.5. The van der Waals surface area contributed by atoms with Crippen molar-refractivity contribution in [2.45, 2.75) is 13.8 Å². The van der Waals surface area contributed by atoms with Gasteiger partial charge in [0, 0.05) is 9.49 Å². The lowest BCUT2D eigenvalue weighted by Crippen LogP contribution is -2.21. The van der Waals surface area contributed by atoms with E-state index >= 15 is 0 Å². The maximum absolute atomic E-state index is 11.9. The fourth-order valence-corrected chi connectivity index (χ4v) is 6.82. The maximum atomic E-state index is 11.9. The minimum atomic E-state index is -0.709. The highest BCUT2D eigenvalue weighted by molar-refractivity contribution is 14.1. The van der Waals surface area contributed by atoms with Gasteiger partial charge in [0.15, 0.2) is 0 Å². The topological polar surface area (TPSA) is 63.2 Å². The second kappa shape index (κ2) is 8.06. The molecule has 4 nitrogen and oxygen atoms in total. The average molecular weight is 666 g/mol. The van der Waals surface area contributed by atoms with Crippen molar-refractivity contribution in [2.24, 2.45) is 5.92 Å². The molecular weight excluding hydrogens is 658 g/mol. The van der Waals surface area contributed by atoms with Crippen LogP contribution in [0.4, 0.5) is 5.69 Å². The molecule has 0 aromatic heterocycles. The lowest BCUT2D eigenvalue weighted by molar-refractivity contribution is -0.118. The fraction of sp³-hybridized carbons (Fsp3) is 0.250. The number of halogens is 5. The van der Waals surface area contributed by atoms with Gasteiger partial charge in [-0.05, 0) is 91.0 Å². The Hall–Kier alpha value is 0.800. The van der Waals surface area contributed by atoms with Crippen LogP contribution in [0.5, 0.6) is 0 Å². The average Bonchev–Trinajstić information content (AvgIpc) is 2.32. The summed E-state index contributed by atoms with van der Waals surface area (Å²) in [6, 6.07) is 0. The predicted molar refractivity (Wildman–Crippen MR) is 108 cm³/mol. The molecule has 0 aliphatic heterocycles. The predicted octanol–water partition coefficient (Wildman–Crippen LogP) is 4.85. The van der Waals surface area contributed by atoms with Gasteiger partial charge in [0.1, 0.15) is 0 Å². The smallest absolute Gasteiger partial charge is 0.254 e. The first-order valence-electron chi connectivity index (χ1n) is 5.50. The van der Waals surface area contributed by atoms with Gasteiger partial charge in [-0.2, -0.15) is 0 Å². The van der Waals surface area contributed by atoms with E-state index < -0.39 is 10.5 Å². The highest BCUT2D eigenvalue weighted by Gasteiger charge is 2.27. The highest BCUT2D eigenvalue weighted by atomic mass is 127. The molecule has 0 saturated heterocycles. The molecule has 0 fully saturated rings. The largest absolute Gasteiger partial charge is 0.324 e. The van der Waals surface area contributed by atoms with Crippen LogP contribution in [0.2, 0.25) is 0 Å². The van der Waals surface area contributed by atoms with E-state index in [2.05, 4.69) is 5.32 Å². The maximum Gasteiger partial charge on any atom is 0.254 e. The van der Waals surface area contributed by atoms with E-state index in [0.29, 0.717) is 16.4 Å². The summed E-state index contributed by atoms with van der Waals surface area (Å²) >= 11 is 16.9. The number of hydrogen-bond donors (Lipinski definition) is 1. The Bertz CT molecular complexity index is 606. The SMILES string of the molecule is CC(C)C(=O)Nc1c(I)c(C(=O)Cl)c(I)c(C(=O)Cl)c1I. The van der Waals surface area contributed by atoms with Gasteiger partial charge in [-0.25, -0.2) is 0 Å². The van der Waals surface area contributed by atoms with Crippen LogP contribution in [0, 0.1) is 16.6 Å². The van der Waals surface area contributed by atoms with E-state index in [1.165, 1.54) is 0 Å². The molecule has 1 rings (SSSR count). The van der Waals surface area contributed by atoms with Crippen LogP contribution >= 0.6 is 91.0 Å². The van der Waals surface area contributed by atoms with Crippen molar-refractivity contribution < 1.29 is 14.4 Å². The summed E-state index contributed by atoms with van der Waals surface area (Å²) in [5, 5.41) is 1.30. The van der Waals surface area contributed by atoms with Crippen molar-refractivity contribution in [3.8, 4) is 0 Å². The third-order valence-corrected chi connectivity index (χ3v) is 6.10. The van der Waals surface area contributed by atoms with E-state index in [1.54, 1.807) is 13.8 Å². The molecule has 0 radical (unpaired) electrons. The summed E-state index contributed by atoms with van der Waals surface area (Å²) in [6.45, 7) is 3.48. The van der Waals surface area contributed by atoms with Crippen molar-refractivity contribution in [3.63, 3.8) is 0 Å². The summed E-state index contributed by atoms with van der Waals surface area (Å²) in [5.41, 5.74) is 0.714. The molecule has 1 amide bonds. The lowest BCUT2D eigenvalue weighted by Gasteiger charge is -2.17. The van der Waals surface area contributed by atoms with Crippen molar-refractivity contribution in [2.75, 3.05) is 5.32 Å². The van der Waals surface area contributed by atoms with Gasteiger partial charge >= 0.3 is 0 Å². The number of carbonyl (C=O) groups is 3. The summed E-state index contributed by atoms with van der Waals surface area (Å²) in [7, 11) is 0. The van der Waals surface area contributed by atoms with Gasteiger partial charge < -0.3 is 5.32 Å². The first-order chi connectivity index (χ1) is 9.59. The van der Waals surface area contributed by atoms with Crippen LogP contribution in [0.1, 0.15) is 34.6 Å². The Labute approximate surface area is 172 Å². The molecule has 0 aliphatic carbocycles. The lowest BCUT2D eigenvalue weighted by atomic mass is 10.1. The van der Waals surface area contributed by atoms with Crippen LogP contribution in [0.3, 0.4) is 0 Å². The molecule has 114 valence electrons. The van der Waals surface area contributed by atoms with E-state index in [0.717, 1.165) is 0 Å². The van der Waals surface area contributed by atoms with Crippen molar-refractivity contribution in [1.82, 2.24) is 0 Å². The fourth-order valence-electron chi connectivity index (χ4n) is 1.39. The van der Waals surface area contributed by atoms with Crippen molar-refractivity contribution in [1.29, 1.82) is 0 Å². The minimum absolute atomic E-state index is 0.168. The van der Waals surface area contributed by atoms with Crippen LogP contribution in [-0.4, -0.2) is 16.4 Å². The number of rotatable bonds is 4. The minimum Gasteiger partial charge on any atom is -0.324 e. The summed E-state index contributed by atoms with van der Waals surface area (Å²) in [5.74, 6) is -0.478. The van der Waals surface area contributed by atoms with E-state index in [1.807, 2.05) is 67.8 Å². The normalized spacial score (nSPS) is 10.7. The molecule has 1 N–H and O–H groups in total. The van der Waals surface area contributed by atoms with Gasteiger partial charge in [-0.1, -0.05) is 13.8 Å². The summed E-state index contributed by atoms with van der Waals surface area (Å²) in [4.78, 5) is 35.2. The Kier molecular flexibility index (Phi) is 7.62. The third kappa shape index (κ3) is 4.42. The zero-order valence-corrected chi connectivity index (χ0v) is 18.7. The Morgan fingerprint density at radius 2 is 1.29 bits per heavy atom. The highest BCUT2D eigenvalue weighted by Crippen LogP contribution is 2.37. The van der Waals surface area contributed by atoms with Crippen molar-refractivity contribution in [3.05, 3.63) is 21.8 Å². The summed E-state index contributed by atoms with van der Waals surface area (Å²) < 4.78 is 1.35. The second-order valence-corrected chi connectivity index (χ2v) is 8.18. The van der Waals surface area contributed by atoms with Gasteiger partial charge in [-0.3, -0.25) is 14.4 Å². The Morgan fingerprint density at radius 1 is 0.905 bits per heavy atom. The zero-order valence-electron chi connectivity index (χ0n) is 10.7. The number of hydrogen-bond acceptors (Lipinski definition) is 3. The van der Waals surface area contributed by atoms with Gasteiger partial charge in [0.05, 0.1) is 24.0 Å². The van der Waals surface area contributed by atoms with Gasteiger partial charge in [0.25, 0.3) is 10.5 Å². The monoisotopic (exact) mass is 665 g/mol. The number of carbonyl (C=O) groups excluding carboxylic acids is 3. The quantitative estimate of drug-likeness (QED) is 0.370. The second-order valence-electron chi connectivity index (χ2n) is 4.26. The number of nitrogens with one attached hydrogen (secondary N) is 1. The molecule has 0 unspecified atom stereocenters. The molecule has 1 aromatic rings.